The summed E-state index contributed by atoms with van der Waals surface area (Å²) < 4.78 is 18.2. The predicted molar refractivity (Wildman–Crippen MR) is 48.6 cm³/mol. The lowest BCUT2D eigenvalue weighted by molar-refractivity contribution is 0.395. The van der Waals surface area contributed by atoms with Crippen molar-refractivity contribution in [3.8, 4) is 17.6 Å². The van der Waals surface area contributed by atoms with Crippen molar-refractivity contribution in [2.75, 3.05) is 7.11 Å². The van der Waals surface area contributed by atoms with Gasteiger partial charge in [-0.2, -0.15) is 5.26 Å². The van der Waals surface area contributed by atoms with Crippen LogP contribution in [0.4, 0.5) is 4.39 Å². The molecule has 0 radical (unpaired) electrons. The molecule has 0 amide bonds. The normalized spacial score (nSPS) is 9.50. The molecule has 0 fully saturated rings. The van der Waals surface area contributed by atoms with Crippen LogP contribution in [-0.2, 0) is 6.42 Å². The third-order valence-corrected chi connectivity index (χ3v) is 1.85. The van der Waals surface area contributed by atoms with Gasteiger partial charge in [-0.1, -0.05) is 0 Å². The molecule has 3 nitrogen and oxygen atoms in total. The highest BCUT2D eigenvalue weighted by molar-refractivity contribution is 5.41. The molecular weight excluding hydrogens is 185 g/mol. The highest BCUT2D eigenvalue weighted by Crippen LogP contribution is 2.27. The Hall–Kier alpha value is -1.76. The van der Waals surface area contributed by atoms with E-state index in [1.54, 1.807) is 0 Å². The van der Waals surface area contributed by atoms with Crippen molar-refractivity contribution in [1.29, 1.82) is 5.26 Å². The Morgan fingerprint density at radius 3 is 2.86 bits per heavy atom. The standard InChI is InChI=1S/C10H10FNO2/c1-14-10-6-7(13)5-9(11)8(10)3-2-4-12/h5-6,13H,2-3H2,1H3. The van der Waals surface area contributed by atoms with Crippen molar-refractivity contribution in [3.63, 3.8) is 0 Å². The van der Waals surface area contributed by atoms with Gasteiger partial charge < -0.3 is 9.84 Å². The van der Waals surface area contributed by atoms with Gasteiger partial charge in [-0.15, -0.1) is 0 Å². The second-order valence-corrected chi connectivity index (χ2v) is 2.77. The third kappa shape index (κ3) is 2.13. The predicted octanol–water partition coefficient (Wildman–Crippen LogP) is 2.00. The number of methoxy groups -OCH3 is 1. The van der Waals surface area contributed by atoms with Crippen LogP contribution >= 0.6 is 0 Å². The number of aromatic hydroxyl groups is 1. The van der Waals surface area contributed by atoms with Crippen LogP contribution in [-0.4, -0.2) is 12.2 Å². The summed E-state index contributed by atoms with van der Waals surface area (Å²) in [6.45, 7) is 0. The molecule has 0 aliphatic rings. The van der Waals surface area contributed by atoms with E-state index >= 15 is 0 Å². The third-order valence-electron chi connectivity index (χ3n) is 1.85. The number of phenols is 1. The Morgan fingerprint density at radius 2 is 2.29 bits per heavy atom. The first-order valence-electron chi connectivity index (χ1n) is 4.11. The molecule has 0 aliphatic carbocycles. The van der Waals surface area contributed by atoms with Gasteiger partial charge in [-0.25, -0.2) is 4.39 Å². The van der Waals surface area contributed by atoms with Gasteiger partial charge in [-0.05, 0) is 6.42 Å². The molecule has 0 aliphatic heterocycles. The molecule has 0 unspecified atom stereocenters. The van der Waals surface area contributed by atoms with E-state index < -0.39 is 5.82 Å². The minimum atomic E-state index is -0.544. The summed E-state index contributed by atoms with van der Waals surface area (Å²) in [7, 11) is 1.39. The molecule has 0 spiro atoms. The van der Waals surface area contributed by atoms with Crippen molar-refractivity contribution in [2.24, 2.45) is 0 Å². The maximum Gasteiger partial charge on any atom is 0.133 e. The van der Waals surface area contributed by atoms with Crippen molar-refractivity contribution in [1.82, 2.24) is 0 Å². The summed E-state index contributed by atoms with van der Waals surface area (Å²) in [6, 6.07) is 4.26. The average Bonchev–Trinajstić information content (AvgIpc) is 2.15. The number of hydrogen-bond acceptors (Lipinski definition) is 3. The smallest absolute Gasteiger partial charge is 0.133 e. The lowest BCUT2D eigenvalue weighted by Gasteiger charge is -2.08. The summed E-state index contributed by atoms with van der Waals surface area (Å²) in [6.07, 6.45) is 0.504. The summed E-state index contributed by atoms with van der Waals surface area (Å²) in [5, 5.41) is 17.5. The zero-order valence-corrected chi connectivity index (χ0v) is 7.75. The molecule has 1 aromatic rings. The first-order valence-corrected chi connectivity index (χ1v) is 4.11. The zero-order valence-electron chi connectivity index (χ0n) is 7.75. The number of phenolic OH excluding ortho intramolecular Hbond substituents is 1. The van der Waals surface area contributed by atoms with E-state index in [1.165, 1.54) is 13.2 Å². The summed E-state index contributed by atoms with van der Waals surface area (Å²) in [5.74, 6) is -0.449. The van der Waals surface area contributed by atoms with E-state index in [0.29, 0.717) is 5.56 Å². The van der Waals surface area contributed by atoms with E-state index in [9.17, 15) is 4.39 Å². The highest BCUT2D eigenvalue weighted by Gasteiger charge is 2.10. The number of halogens is 1. The molecule has 0 bridgehead atoms. The van der Waals surface area contributed by atoms with Crippen LogP contribution in [0, 0.1) is 17.1 Å². The molecule has 0 aromatic heterocycles. The SMILES string of the molecule is COc1cc(O)cc(F)c1CCC#N. The molecule has 1 rings (SSSR count). The Kier molecular flexibility index (Phi) is 3.29. The van der Waals surface area contributed by atoms with Crippen LogP contribution in [0.5, 0.6) is 11.5 Å². The fourth-order valence-electron chi connectivity index (χ4n) is 1.20. The van der Waals surface area contributed by atoms with E-state index in [-0.39, 0.29) is 24.3 Å². The molecule has 0 atom stereocenters. The summed E-state index contributed by atoms with van der Waals surface area (Å²) in [4.78, 5) is 0. The van der Waals surface area contributed by atoms with E-state index in [1.807, 2.05) is 6.07 Å². The molecule has 1 N–H and O–H groups in total. The molecule has 0 saturated carbocycles. The molecule has 1 aromatic carbocycles. The Balaban J connectivity index is 3.06. The largest absolute Gasteiger partial charge is 0.508 e. The first kappa shape index (κ1) is 10.3. The topological polar surface area (TPSA) is 53.2 Å². The average molecular weight is 195 g/mol. The molecule has 0 heterocycles. The van der Waals surface area contributed by atoms with Gasteiger partial charge in [0.25, 0.3) is 0 Å². The monoisotopic (exact) mass is 195 g/mol. The van der Waals surface area contributed by atoms with Gasteiger partial charge in [-0.3, -0.25) is 0 Å². The minimum Gasteiger partial charge on any atom is -0.508 e. The summed E-state index contributed by atoms with van der Waals surface area (Å²) in [5.41, 5.74) is 0.326. The maximum absolute atomic E-state index is 13.3. The van der Waals surface area contributed by atoms with Crippen molar-refractivity contribution < 1.29 is 14.2 Å². The van der Waals surface area contributed by atoms with Crippen LogP contribution in [0.3, 0.4) is 0 Å². The van der Waals surface area contributed by atoms with Gasteiger partial charge in [0, 0.05) is 24.1 Å². The molecule has 0 saturated heterocycles. The van der Waals surface area contributed by atoms with Crippen LogP contribution < -0.4 is 4.74 Å². The number of nitriles is 1. The number of ether oxygens (including phenoxy) is 1. The van der Waals surface area contributed by atoms with Gasteiger partial charge in [0.15, 0.2) is 0 Å². The molecule has 14 heavy (non-hydrogen) atoms. The van der Waals surface area contributed by atoms with Gasteiger partial charge in [0.05, 0.1) is 13.2 Å². The fraction of sp³-hybridized carbons (Fsp3) is 0.300. The lowest BCUT2D eigenvalue weighted by Crippen LogP contribution is -1.96. The number of hydrogen-bond donors (Lipinski definition) is 1. The number of nitrogens with zero attached hydrogens (tertiary/aromatic N) is 1. The quantitative estimate of drug-likeness (QED) is 0.802. The Bertz CT molecular complexity index is 371. The maximum atomic E-state index is 13.3. The van der Waals surface area contributed by atoms with Crippen LogP contribution in [0.25, 0.3) is 0 Å². The second kappa shape index (κ2) is 4.47. The van der Waals surface area contributed by atoms with Crippen LogP contribution in [0.1, 0.15) is 12.0 Å². The fourth-order valence-corrected chi connectivity index (χ4v) is 1.20. The zero-order chi connectivity index (χ0) is 10.6. The number of rotatable bonds is 3. The molecule has 4 heteroatoms. The minimum absolute atomic E-state index is 0.181. The van der Waals surface area contributed by atoms with Gasteiger partial charge >= 0.3 is 0 Å². The van der Waals surface area contributed by atoms with Crippen LogP contribution in [0.15, 0.2) is 12.1 Å². The van der Waals surface area contributed by atoms with Gasteiger partial charge in [0.1, 0.15) is 17.3 Å². The van der Waals surface area contributed by atoms with E-state index in [2.05, 4.69) is 0 Å². The van der Waals surface area contributed by atoms with Crippen molar-refractivity contribution in [3.05, 3.63) is 23.5 Å². The lowest BCUT2D eigenvalue weighted by atomic mass is 10.1. The molecular formula is C10H10FNO2. The molecule has 74 valence electrons. The Morgan fingerprint density at radius 1 is 1.57 bits per heavy atom. The highest BCUT2D eigenvalue weighted by atomic mass is 19.1. The van der Waals surface area contributed by atoms with Crippen LogP contribution in [0.2, 0.25) is 0 Å². The van der Waals surface area contributed by atoms with Gasteiger partial charge in [0.2, 0.25) is 0 Å². The van der Waals surface area contributed by atoms with Crippen molar-refractivity contribution >= 4 is 0 Å². The number of benzene rings is 1. The second-order valence-electron chi connectivity index (χ2n) is 2.77. The Labute approximate surface area is 81.4 Å². The summed E-state index contributed by atoms with van der Waals surface area (Å²) >= 11 is 0. The van der Waals surface area contributed by atoms with Crippen molar-refractivity contribution in [2.45, 2.75) is 12.8 Å². The van der Waals surface area contributed by atoms with E-state index in [4.69, 9.17) is 15.1 Å². The van der Waals surface area contributed by atoms with E-state index in [0.717, 1.165) is 6.07 Å². The first-order chi connectivity index (χ1) is 6.69.